The Labute approximate surface area is 122 Å². The molecule has 0 radical (unpaired) electrons. The molecule has 0 aromatic heterocycles. The lowest BCUT2D eigenvalue weighted by Crippen LogP contribution is -2.57. The minimum Gasteiger partial charge on any atom is -0.294 e. The summed E-state index contributed by atoms with van der Waals surface area (Å²) in [6, 6.07) is 7.67. The number of carbonyl (C=O) groups is 2. The van der Waals surface area contributed by atoms with Crippen LogP contribution in [0.3, 0.4) is 0 Å². The van der Waals surface area contributed by atoms with Crippen LogP contribution in [-0.4, -0.2) is 48.5 Å². The zero-order chi connectivity index (χ0) is 15.0. The molecule has 0 spiro atoms. The van der Waals surface area contributed by atoms with Crippen molar-refractivity contribution in [1.29, 1.82) is 0 Å². The quantitative estimate of drug-likeness (QED) is 0.728. The Bertz CT molecular complexity index is 685. The molecule has 0 aliphatic carbocycles. The second-order valence-corrected chi connectivity index (χ2v) is 7.03. The highest BCUT2D eigenvalue weighted by atomic mass is 32.2. The van der Waals surface area contributed by atoms with Gasteiger partial charge in [0.15, 0.2) is 0 Å². The van der Waals surface area contributed by atoms with Crippen LogP contribution in [0.15, 0.2) is 24.3 Å². The van der Waals surface area contributed by atoms with Crippen molar-refractivity contribution in [1.82, 2.24) is 13.9 Å². The highest BCUT2D eigenvalue weighted by Crippen LogP contribution is 2.22. The van der Waals surface area contributed by atoms with E-state index in [1.165, 1.54) is 4.31 Å². The number of imide groups is 1. The Morgan fingerprint density at radius 3 is 2.19 bits per heavy atom. The molecule has 2 amide bonds. The van der Waals surface area contributed by atoms with Crippen LogP contribution in [0.1, 0.15) is 11.1 Å². The van der Waals surface area contributed by atoms with E-state index in [0.717, 1.165) is 15.4 Å². The second kappa shape index (κ2) is 5.21. The molecule has 0 saturated carbocycles. The highest BCUT2D eigenvalue weighted by molar-refractivity contribution is 7.86. The summed E-state index contributed by atoms with van der Waals surface area (Å²) in [5, 5.41) is 2.10. The van der Waals surface area contributed by atoms with Gasteiger partial charge in [0.2, 0.25) is 11.8 Å². The molecule has 2 aliphatic rings. The van der Waals surface area contributed by atoms with Gasteiger partial charge in [-0.3, -0.25) is 14.9 Å². The van der Waals surface area contributed by atoms with E-state index in [1.807, 2.05) is 24.3 Å². The number of rotatable bonds is 2. The van der Waals surface area contributed by atoms with Crippen LogP contribution in [-0.2, 0) is 32.8 Å². The lowest BCUT2D eigenvalue weighted by Gasteiger charge is -2.33. The standard InChI is InChI=1S/C13H15N3O4S/c17-12-8-16(9-13(18)14-12)21(19,20)15-6-5-10-3-1-2-4-11(10)7-15/h1-4H,5-9H2,(H,14,17,18). The molecule has 21 heavy (non-hydrogen) atoms. The first-order valence-electron chi connectivity index (χ1n) is 6.61. The average molecular weight is 309 g/mol. The summed E-state index contributed by atoms with van der Waals surface area (Å²) in [5.74, 6) is -1.18. The molecular formula is C13H15N3O4S. The monoisotopic (exact) mass is 309 g/mol. The molecule has 1 aromatic carbocycles. The highest BCUT2D eigenvalue weighted by Gasteiger charge is 2.37. The molecule has 2 heterocycles. The van der Waals surface area contributed by atoms with Crippen LogP contribution in [0.25, 0.3) is 0 Å². The molecule has 1 fully saturated rings. The first-order chi connectivity index (χ1) is 9.96. The number of hydrogen-bond donors (Lipinski definition) is 1. The van der Waals surface area contributed by atoms with Crippen molar-refractivity contribution in [2.45, 2.75) is 13.0 Å². The number of carbonyl (C=O) groups excluding carboxylic acids is 2. The molecule has 7 nitrogen and oxygen atoms in total. The lowest BCUT2D eigenvalue weighted by molar-refractivity contribution is -0.134. The van der Waals surface area contributed by atoms with Gasteiger partial charge >= 0.3 is 0 Å². The van der Waals surface area contributed by atoms with Gasteiger partial charge in [0.25, 0.3) is 10.2 Å². The van der Waals surface area contributed by atoms with E-state index in [1.54, 1.807) is 0 Å². The summed E-state index contributed by atoms with van der Waals surface area (Å²) >= 11 is 0. The topological polar surface area (TPSA) is 86.8 Å². The summed E-state index contributed by atoms with van der Waals surface area (Å²) in [6.45, 7) is -0.00505. The SMILES string of the molecule is O=C1CN(S(=O)(=O)N2CCc3ccccc3C2)CC(=O)N1. The number of amides is 2. The average Bonchev–Trinajstić information content (AvgIpc) is 2.45. The van der Waals surface area contributed by atoms with Crippen molar-refractivity contribution in [3.63, 3.8) is 0 Å². The Balaban J connectivity index is 1.83. The van der Waals surface area contributed by atoms with E-state index in [9.17, 15) is 18.0 Å². The number of hydrogen-bond acceptors (Lipinski definition) is 4. The predicted molar refractivity (Wildman–Crippen MR) is 74.2 cm³/mol. The predicted octanol–water partition coefficient (Wildman–Crippen LogP) is -0.752. The molecule has 1 N–H and O–H groups in total. The van der Waals surface area contributed by atoms with Gasteiger partial charge in [0, 0.05) is 13.1 Å². The molecule has 3 rings (SSSR count). The van der Waals surface area contributed by atoms with Gasteiger partial charge in [0.1, 0.15) is 0 Å². The molecule has 2 aliphatic heterocycles. The maximum atomic E-state index is 12.6. The van der Waals surface area contributed by atoms with E-state index < -0.39 is 22.0 Å². The number of nitrogens with zero attached hydrogens (tertiary/aromatic N) is 2. The largest absolute Gasteiger partial charge is 0.294 e. The summed E-state index contributed by atoms with van der Waals surface area (Å²) in [7, 11) is -3.81. The third-order valence-corrected chi connectivity index (χ3v) is 5.54. The molecule has 1 saturated heterocycles. The van der Waals surface area contributed by atoms with E-state index in [-0.39, 0.29) is 19.6 Å². The zero-order valence-electron chi connectivity index (χ0n) is 11.3. The van der Waals surface area contributed by atoms with E-state index in [2.05, 4.69) is 5.32 Å². The van der Waals surface area contributed by atoms with Gasteiger partial charge in [-0.05, 0) is 17.5 Å². The molecule has 0 bridgehead atoms. The molecule has 1 aromatic rings. The second-order valence-electron chi connectivity index (χ2n) is 5.10. The van der Waals surface area contributed by atoms with Crippen LogP contribution in [0.4, 0.5) is 0 Å². The Morgan fingerprint density at radius 1 is 0.905 bits per heavy atom. The van der Waals surface area contributed by atoms with Gasteiger partial charge in [-0.1, -0.05) is 24.3 Å². The summed E-state index contributed by atoms with van der Waals surface area (Å²) < 4.78 is 27.4. The third-order valence-electron chi connectivity index (χ3n) is 3.67. The Morgan fingerprint density at radius 2 is 1.52 bits per heavy atom. The third kappa shape index (κ3) is 2.69. The van der Waals surface area contributed by atoms with Crippen molar-refractivity contribution in [2.75, 3.05) is 19.6 Å². The normalized spacial score (nSPS) is 21.0. The minimum absolute atomic E-state index is 0.269. The van der Waals surface area contributed by atoms with Crippen molar-refractivity contribution < 1.29 is 18.0 Å². The van der Waals surface area contributed by atoms with Gasteiger partial charge in [-0.15, -0.1) is 0 Å². The molecular weight excluding hydrogens is 294 g/mol. The Hall–Kier alpha value is -1.77. The van der Waals surface area contributed by atoms with E-state index in [0.29, 0.717) is 13.0 Å². The smallest absolute Gasteiger partial charge is 0.283 e. The zero-order valence-corrected chi connectivity index (χ0v) is 12.1. The van der Waals surface area contributed by atoms with Crippen LogP contribution < -0.4 is 5.32 Å². The molecule has 0 atom stereocenters. The van der Waals surface area contributed by atoms with Crippen molar-refractivity contribution >= 4 is 22.0 Å². The molecule has 8 heteroatoms. The van der Waals surface area contributed by atoms with Crippen LogP contribution in [0, 0.1) is 0 Å². The fraction of sp³-hybridized carbons (Fsp3) is 0.385. The number of fused-ring (bicyclic) bond motifs is 1. The van der Waals surface area contributed by atoms with E-state index >= 15 is 0 Å². The maximum absolute atomic E-state index is 12.6. The fourth-order valence-corrected chi connectivity index (χ4v) is 4.12. The Kier molecular flexibility index (Phi) is 3.52. The van der Waals surface area contributed by atoms with Crippen LogP contribution >= 0.6 is 0 Å². The number of piperazine rings is 1. The first-order valence-corrected chi connectivity index (χ1v) is 8.01. The minimum atomic E-state index is -3.81. The molecule has 0 unspecified atom stereocenters. The summed E-state index contributed by atoms with van der Waals surface area (Å²) in [4.78, 5) is 22.7. The van der Waals surface area contributed by atoms with Crippen molar-refractivity contribution in [3.05, 3.63) is 35.4 Å². The first kappa shape index (κ1) is 14.2. The van der Waals surface area contributed by atoms with E-state index in [4.69, 9.17) is 0 Å². The van der Waals surface area contributed by atoms with Gasteiger partial charge in [-0.2, -0.15) is 17.0 Å². The van der Waals surface area contributed by atoms with Gasteiger partial charge < -0.3 is 0 Å². The number of benzene rings is 1. The fourth-order valence-electron chi connectivity index (χ4n) is 2.60. The van der Waals surface area contributed by atoms with Crippen LogP contribution in [0.5, 0.6) is 0 Å². The summed E-state index contributed by atoms with van der Waals surface area (Å²) in [6.07, 6.45) is 0.628. The lowest BCUT2D eigenvalue weighted by atomic mass is 10.0. The summed E-state index contributed by atoms with van der Waals surface area (Å²) in [5.41, 5.74) is 2.09. The van der Waals surface area contributed by atoms with Gasteiger partial charge in [0.05, 0.1) is 13.1 Å². The maximum Gasteiger partial charge on any atom is 0.283 e. The van der Waals surface area contributed by atoms with Gasteiger partial charge in [-0.25, -0.2) is 0 Å². The number of nitrogens with one attached hydrogen (secondary N) is 1. The molecule has 112 valence electrons. The van der Waals surface area contributed by atoms with Crippen molar-refractivity contribution in [3.8, 4) is 0 Å². The van der Waals surface area contributed by atoms with Crippen LogP contribution in [0.2, 0.25) is 0 Å². The van der Waals surface area contributed by atoms with Crippen molar-refractivity contribution in [2.24, 2.45) is 0 Å².